The fraction of sp³-hybridized carbons (Fsp3) is 0.267. The molecule has 1 saturated carbocycles. The van der Waals surface area contributed by atoms with Crippen LogP contribution in [0, 0.1) is 0 Å². The molecule has 0 aliphatic heterocycles. The molecular weight excluding hydrogens is 312 g/mol. The van der Waals surface area contributed by atoms with Crippen LogP contribution in [0.1, 0.15) is 17.8 Å². The van der Waals surface area contributed by atoms with E-state index in [0.29, 0.717) is 11.0 Å². The summed E-state index contributed by atoms with van der Waals surface area (Å²) in [6.07, 6.45) is 3.55. The van der Waals surface area contributed by atoms with Gasteiger partial charge in [0, 0.05) is 5.56 Å². The van der Waals surface area contributed by atoms with E-state index >= 15 is 0 Å². The molecule has 0 radical (unpaired) electrons. The van der Waals surface area contributed by atoms with Gasteiger partial charge in [-0.3, -0.25) is 9.79 Å². The topological polar surface area (TPSA) is 106 Å². The highest BCUT2D eigenvalue weighted by Gasteiger charge is 2.20. The highest BCUT2D eigenvalue weighted by atomic mass is 32.1. The number of amides is 1. The first-order valence-electron chi connectivity index (χ1n) is 7.23. The molecule has 1 aliphatic carbocycles. The summed E-state index contributed by atoms with van der Waals surface area (Å²) in [4.78, 5) is 16.2. The monoisotopic (exact) mass is 328 g/mol. The van der Waals surface area contributed by atoms with Crippen LogP contribution in [-0.2, 0) is 11.3 Å². The van der Waals surface area contributed by atoms with Gasteiger partial charge in [-0.15, -0.1) is 10.2 Å². The number of carbonyl (C=O) groups excluding carboxylic acids is 1. The number of hydrogen-bond donors (Lipinski definition) is 2. The van der Waals surface area contributed by atoms with Crippen molar-refractivity contribution in [1.29, 1.82) is 0 Å². The lowest BCUT2D eigenvalue weighted by atomic mass is 10.2. The Morgan fingerprint density at radius 1 is 1.35 bits per heavy atom. The lowest BCUT2D eigenvalue weighted by molar-refractivity contribution is -0.114. The molecule has 3 N–H and O–H groups in total. The van der Waals surface area contributed by atoms with Crippen molar-refractivity contribution in [2.24, 2.45) is 15.9 Å². The van der Waals surface area contributed by atoms with E-state index in [1.807, 2.05) is 30.3 Å². The van der Waals surface area contributed by atoms with Crippen LogP contribution in [0.3, 0.4) is 0 Å². The van der Waals surface area contributed by atoms with Crippen molar-refractivity contribution < 1.29 is 4.79 Å². The Morgan fingerprint density at radius 2 is 2.13 bits per heavy atom. The molecule has 1 aromatic heterocycles. The highest BCUT2D eigenvalue weighted by molar-refractivity contribution is 7.14. The minimum atomic E-state index is -0.367. The minimum absolute atomic E-state index is 0.115. The smallest absolute Gasteiger partial charge is 0.273 e. The first kappa shape index (κ1) is 15.3. The molecule has 118 valence electrons. The zero-order valence-corrected chi connectivity index (χ0v) is 13.2. The molecule has 1 aliphatic rings. The third-order valence-electron chi connectivity index (χ3n) is 3.21. The molecule has 1 fully saturated rings. The summed E-state index contributed by atoms with van der Waals surface area (Å²) >= 11 is 1.43. The lowest BCUT2D eigenvalue weighted by Crippen LogP contribution is -2.32. The van der Waals surface area contributed by atoms with Crippen LogP contribution in [-0.4, -0.2) is 34.1 Å². The van der Waals surface area contributed by atoms with E-state index in [0.717, 1.165) is 23.4 Å². The van der Waals surface area contributed by atoms with Crippen molar-refractivity contribution in [2.75, 3.05) is 0 Å². The normalized spacial score (nSPS) is 15.0. The van der Waals surface area contributed by atoms with Crippen LogP contribution in [0.2, 0.25) is 0 Å². The Morgan fingerprint density at radius 3 is 2.83 bits per heavy atom. The number of aliphatic imine (C=N–C) groups is 1. The van der Waals surface area contributed by atoms with Crippen molar-refractivity contribution >= 4 is 29.2 Å². The molecule has 2 aromatic rings. The average Bonchev–Trinajstić information content (AvgIpc) is 3.29. The second-order valence-corrected chi connectivity index (χ2v) is 6.14. The van der Waals surface area contributed by atoms with Gasteiger partial charge in [0.15, 0.2) is 5.71 Å². The molecule has 1 amide bonds. The number of carbonyl (C=O) groups is 1. The summed E-state index contributed by atoms with van der Waals surface area (Å²) in [6, 6.07) is 10.1. The van der Waals surface area contributed by atoms with Gasteiger partial charge in [0.1, 0.15) is 10.0 Å². The van der Waals surface area contributed by atoms with E-state index in [2.05, 4.69) is 25.6 Å². The van der Waals surface area contributed by atoms with E-state index in [1.54, 1.807) is 0 Å². The summed E-state index contributed by atoms with van der Waals surface area (Å²) < 4.78 is 0. The second-order valence-electron chi connectivity index (χ2n) is 5.07. The highest BCUT2D eigenvalue weighted by Crippen LogP contribution is 2.23. The molecule has 0 saturated heterocycles. The molecule has 0 bridgehead atoms. The Kier molecular flexibility index (Phi) is 4.72. The summed E-state index contributed by atoms with van der Waals surface area (Å²) in [5.74, 6) is 4.87. The van der Waals surface area contributed by atoms with Crippen LogP contribution in [0.15, 0.2) is 40.4 Å². The molecule has 0 atom stereocenters. The predicted molar refractivity (Wildman–Crippen MR) is 90.3 cm³/mol. The second kappa shape index (κ2) is 7.10. The average molecular weight is 328 g/mol. The zero-order valence-electron chi connectivity index (χ0n) is 12.3. The van der Waals surface area contributed by atoms with E-state index in [1.165, 1.54) is 17.6 Å². The van der Waals surface area contributed by atoms with Crippen LogP contribution < -0.4 is 11.2 Å². The Labute approximate surface area is 137 Å². The third kappa shape index (κ3) is 4.19. The Bertz CT molecular complexity index is 735. The molecule has 3 rings (SSSR count). The molecule has 7 nitrogen and oxygen atoms in total. The maximum absolute atomic E-state index is 12.0. The van der Waals surface area contributed by atoms with Gasteiger partial charge in [-0.1, -0.05) is 41.7 Å². The summed E-state index contributed by atoms with van der Waals surface area (Å²) in [5, 5.41) is 16.0. The van der Waals surface area contributed by atoms with E-state index in [4.69, 9.17) is 5.84 Å². The first-order chi connectivity index (χ1) is 11.3. The number of hydrogen-bond acceptors (Lipinski definition) is 7. The number of nitrogens with one attached hydrogen (secondary N) is 1. The van der Waals surface area contributed by atoms with Crippen LogP contribution >= 0.6 is 11.3 Å². The van der Waals surface area contributed by atoms with Crippen molar-refractivity contribution in [1.82, 2.24) is 15.5 Å². The molecule has 1 aromatic carbocycles. The molecule has 1 heterocycles. The molecule has 8 heteroatoms. The van der Waals surface area contributed by atoms with Crippen molar-refractivity contribution in [3.05, 3.63) is 35.3 Å². The first-order valence-corrected chi connectivity index (χ1v) is 8.05. The van der Waals surface area contributed by atoms with Crippen molar-refractivity contribution in [3.63, 3.8) is 0 Å². The summed E-state index contributed by atoms with van der Waals surface area (Å²) in [6.45, 7) is 0.277. The van der Waals surface area contributed by atoms with E-state index < -0.39 is 0 Å². The van der Waals surface area contributed by atoms with E-state index in [9.17, 15) is 4.79 Å². The third-order valence-corrected chi connectivity index (χ3v) is 4.19. The molecule has 23 heavy (non-hydrogen) atoms. The molecule has 0 spiro atoms. The van der Waals surface area contributed by atoms with Crippen molar-refractivity contribution in [3.8, 4) is 10.6 Å². The standard InChI is InChI=1S/C15H16N6OS/c16-19-12(8-17-11-6-7-11)14(22)18-9-13-20-21-15(23-13)10-4-2-1-3-5-10/h1-5,8,11H,6-7,9,16H2,(H,18,22)/b17-8?,19-12+. The van der Waals surface area contributed by atoms with Crippen LogP contribution in [0.25, 0.3) is 10.6 Å². The maximum Gasteiger partial charge on any atom is 0.273 e. The van der Waals surface area contributed by atoms with E-state index in [-0.39, 0.29) is 18.2 Å². The van der Waals surface area contributed by atoms with Gasteiger partial charge in [-0.2, -0.15) is 5.10 Å². The van der Waals surface area contributed by atoms with Crippen molar-refractivity contribution in [2.45, 2.75) is 25.4 Å². The van der Waals surface area contributed by atoms with Crippen LogP contribution in [0.4, 0.5) is 0 Å². The lowest BCUT2D eigenvalue weighted by Gasteiger charge is -2.01. The number of aromatic nitrogens is 2. The number of benzene rings is 1. The fourth-order valence-corrected chi connectivity index (χ4v) is 2.60. The Hall–Kier alpha value is -2.61. The largest absolute Gasteiger partial charge is 0.344 e. The van der Waals surface area contributed by atoms with Gasteiger partial charge in [-0.25, -0.2) is 0 Å². The SMILES string of the molecule is N/N=C(\C=NC1CC1)C(=O)NCc1nnc(-c2ccccc2)s1. The van der Waals surface area contributed by atoms with Crippen LogP contribution in [0.5, 0.6) is 0 Å². The van der Waals surface area contributed by atoms with Gasteiger partial charge in [-0.05, 0) is 12.8 Å². The maximum atomic E-state index is 12.0. The zero-order chi connectivity index (χ0) is 16.1. The minimum Gasteiger partial charge on any atom is -0.344 e. The molecule has 0 unspecified atom stereocenters. The van der Waals surface area contributed by atoms with Gasteiger partial charge in [0.2, 0.25) is 0 Å². The number of nitrogens with two attached hydrogens (primary N) is 1. The molecular formula is C15H16N6OS. The Balaban J connectivity index is 1.57. The number of nitrogens with zero attached hydrogens (tertiary/aromatic N) is 4. The van der Waals surface area contributed by atoms with Gasteiger partial charge in [0.25, 0.3) is 5.91 Å². The van der Waals surface area contributed by atoms with Gasteiger partial charge >= 0.3 is 0 Å². The van der Waals surface area contributed by atoms with Gasteiger partial charge in [0.05, 0.1) is 18.8 Å². The number of rotatable bonds is 6. The number of hydrazone groups is 1. The summed E-state index contributed by atoms with van der Waals surface area (Å²) in [5.41, 5.74) is 1.12. The quantitative estimate of drug-likeness (QED) is 0.474. The fourth-order valence-electron chi connectivity index (χ4n) is 1.82. The van der Waals surface area contributed by atoms with Gasteiger partial charge < -0.3 is 11.2 Å². The predicted octanol–water partition coefficient (Wildman–Crippen LogP) is 1.37. The summed E-state index contributed by atoms with van der Waals surface area (Å²) in [7, 11) is 0.